The maximum atomic E-state index is 12.4. The molecule has 0 aliphatic rings. The summed E-state index contributed by atoms with van der Waals surface area (Å²) in [7, 11) is 0. The van der Waals surface area contributed by atoms with E-state index in [-0.39, 0.29) is 18.8 Å². The lowest BCUT2D eigenvalue weighted by molar-refractivity contribution is -0.142. The number of allylic oxidation sites excluding steroid dienone is 1. The summed E-state index contributed by atoms with van der Waals surface area (Å²) in [6, 6.07) is 7.92. The smallest absolute Gasteiger partial charge is 0.426 e. The molecule has 0 heterocycles. The zero-order valence-corrected chi connectivity index (χ0v) is 19.4. The van der Waals surface area contributed by atoms with Crippen LogP contribution in [0, 0.1) is 13.8 Å². The quantitative estimate of drug-likeness (QED) is 0.359. The second-order valence-electron chi connectivity index (χ2n) is 6.45. The number of halogens is 5. The molecule has 0 aliphatic carbocycles. The third-order valence-electron chi connectivity index (χ3n) is 3.94. The highest BCUT2D eigenvalue weighted by Gasteiger charge is 2.32. The Hall–Kier alpha value is -2.32. The summed E-state index contributed by atoms with van der Waals surface area (Å²) < 4.78 is 42.6. The Kier molecular flexibility index (Phi) is 10.3. The Bertz CT molecular complexity index is 949. The van der Waals surface area contributed by atoms with Gasteiger partial charge < -0.3 is 9.84 Å². The molecule has 9 heteroatoms. The Labute approximate surface area is 191 Å². The number of carbonyl (C=O) groups is 2. The predicted octanol–water partition coefficient (Wildman–Crippen LogP) is 6.52. The highest BCUT2D eigenvalue weighted by Crippen LogP contribution is 2.32. The summed E-state index contributed by atoms with van der Waals surface area (Å²) in [5.74, 6) is -0.349. The minimum absolute atomic E-state index is 0.0422. The summed E-state index contributed by atoms with van der Waals surface area (Å²) in [6.45, 7) is 5.55. The molecule has 0 spiro atoms. The average molecular weight is 522 g/mol. The van der Waals surface area contributed by atoms with E-state index in [0.29, 0.717) is 33.0 Å². The SMILES string of the molecule is CCOC(=O)Cc1c(C)cc(/C=C(\Cl)C(F)(F)F)cc1Br.Cc1ccc(O)c(C=O)c1. The van der Waals surface area contributed by atoms with Crippen molar-refractivity contribution < 1.29 is 32.6 Å². The number of hydrogen-bond donors (Lipinski definition) is 1. The average Bonchev–Trinajstić information content (AvgIpc) is 2.66. The number of rotatable bonds is 5. The van der Waals surface area contributed by atoms with Crippen molar-refractivity contribution in [2.24, 2.45) is 0 Å². The molecule has 0 saturated carbocycles. The molecule has 2 aromatic carbocycles. The van der Waals surface area contributed by atoms with Gasteiger partial charge in [-0.2, -0.15) is 13.2 Å². The van der Waals surface area contributed by atoms with Gasteiger partial charge in [-0.05, 0) is 61.7 Å². The fraction of sp³-hybridized carbons (Fsp3) is 0.273. The lowest BCUT2D eigenvalue weighted by atomic mass is 10.0. The van der Waals surface area contributed by atoms with E-state index in [1.165, 1.54) is 18.2 Å². The van der Waals surface area contributed by atoms with Gasteiger partial charge in [0.25, 0.3) is 0 Å². The number of alkyl halides is 3. The van der Waals surface area contributed by atoms with Crippen LogP contribution >= 0.6 is 27.5 Å². The summed E-state index contributed by atoms with van der Waals surface area (Å²) >= 11 is 8.46. The van der Waals surface area contributed by atoms with Crippen LogP contribution in [0.25, 0.3) is 6.08 Å². The van der Waals surface area contributed by atoms with Crippen molar-refractivity contribution in [3.8, 4) is 5.75 Å². The van der Waals surface area contributed by atoms with Gasteiger partial charge in [0.2, 0.25) is 0 Å². The highest BCUT2D eigenvalue weighted by atomic mass is 79.9. The van der Waals surface area contributed by atoms with E-state index in [1.54, 1.807) is 26.0 Å². The van der Waals surface area contributed by atoms with Crippen LogP contribution in [0.5, 0.6) is 5.75 Å². The van der Waals surface area contributed by atoms with Crippen LogP contribution in [0.3, 0.4) is 0 Å². The second kappa shape index (κ2) is 11.9. The number of esters is 1. The highest BCUT2D eigenvalue weighted by molar-refractivity contribution is 9.10. The lowest BCUT2D eigenvalue weighted by Crippen LogP contribution is -2.09. The molecule has 0 aromatic heterocycles. The first-order valence-electron chi connectivity index (χ1n) is 9.02. The molecule has 0 bridgehead atoms. The van der Waals surface area contributed by atoms with Crippen LogP contribution in [-0.2, 0) is 16.0 Å². The van der Waals surface area contributed by atoms with Crippen LogP contribution in [0.15, 0.2) is 39.8 Å². The first kappa shape index (κ1) is 26.7. The number of aromatic hydroxyl groups is 1. The van der Waals surface area contributed by atoms with Crippen molar-refractivity contribution in [3.05, 3.63) is 67.7 Å². The Morgan fingerprint density at radius 3 is 2.35 bits per heavy atom. The van der Waals surface area contributed by atoms with Gasteiger partial charge in [-0.3, -0.25) is 9.59 Å². The zero-order valence-electron chi connectivity index (χ0n) is 17.0. The molecule has 0 amide bonds. The Balaban J connectivity index is 0.000000399. The minimum Gasteiger partial charge on any atom is -0.507 e. The van der Waals surface area contributed by atoms with E-state index in [2.05, 4.69) is 15.9 Å². The third kappa shape index (κ3) is 8.75. The fourth-order valence-electron chi connectivity index (χ4n) is 2.46. The normalized spacial score (nSPS) is 11.4. The molecule has 4 nitrogen and oxygen atoms in total. The standard InChI is InChI=1S/C14H13BrClF3O2.C8H8O2/c1-3-21-13(20)7-10-8(2)4-9(5-11(10)15)6-12(16)14(17,18)19;1-6-2-3-8(10)7(4-6)5-9/h4-6H,3,7H2,1-2H3;2-5,10H,1H3/b12-6-;. The molecule has 0 unspecified atom stereocenters. The fourth-order valence-corrected chi connectivity index (χ4v) is 3.30. The van der Waals surface area contributed by atoms with Gasteiger partial charge in [0.1, 0.15) is 10.8 Å². The number of carbonyl (C=O) groups excluding carboxylic acids is 2. The molecule has 2 aromatic rings. The van der Waals surface area contributed by atoms with Crippen molar-refractivity contribution in [3.63, 3.8) is 0 Å². The van der Waals surface area contributed by atoms with Crippen molar-refractivity contribution in [2.75, 3.05) is 6.61 Å². The summed E-state index contributed by atoms with van der Waals surface area (Å²) in [6.07, 6.45) is -3.04. The van der Waals surface area contributed by atoms with Crippen LogP contribution in [0.1, 0.15) is 39.5 Å². The number of phenolic OH excluding ortho intramolecular Hbond substituents is 1. The maximum Gasteiger partial charge on any atom is 0.426 e. The second-order valence-corrected chi connectivity index (χ2v) is 7.71. The Morgan fingerprint density at radius 1 is 1.23 bits per heavy atom. The van der Waals surface area contributed by atoms with E-state index >= 15 is 0 Å². The van der Waals surface area contributed by atoms with Gasteiger partial charge in [0.05, 0.1) is 18.6 Å². The Morgan fingerprint density at radius 2 is 1.87 bits per heavy atom. The summed E-state index contributed by atoms with van der Waals surface area (Å²) in [5.41, 5.74) is 2.97. The molecular weight excluding hydrogens is 501 g/mol. The molecule has 2 rings (SSSR count). The lowest BCUT2D eigenvalue weighted by Gasteiger charge is -2.11. The van der Waals surface area contributed by atoms with E-state index in [4.69, 9.17) is 21.4 Å². The molecule has 168 valence electrons. The molecular formula is C22H21BrClF3O4. The van der Waals surface area contributed by atoms with Crippen molar-refractivity contribution in [1.82, 2.24) is 0 Å². The van der Waals surface area contributed by atoms with Crippen LogP contribution in [0.4, 0.5) is 13.2 Å². The van der Waals surface area contributed by atoms with Crippen LogP contribution in [-0.4, -0.2) is 30.1 Å². The topological polar surface area (TPSA) is 63.6 Å². The predicted molar refractivity (Wildman–Crippen MR) is 117 cm³/mol. The molecule has 0 radical (unpaired) electrons. The monoisotopic (exact) mass is 520 g/mol. The van der Waals surface area contributed by atoms with E-state index in [0.717, 1.165) is 11.6 Å². The number of aldehydes is 1. The van der Waals surface area contributed by atoms with Crippen LogP contribution in [0.2, 0.25) is 0 Å². The number of aryl methyl sites for hydroxylation is 2. The molecule has 1 N–H and O–H groups in total. The van der Waals surface area contributed by atoms with Gasteiger partial charge in [-0.1, -0.05) is 45.2 Å². The molecule has 0 atom stereocenters. The van der Waals surface area contributed by atoms with E-state index < -0.39 is 17.2 Å². The summed E-state index contributed by atoms with van der Waals surface area (Å²) in [5, 5.41) is 7.80. The molecule has 31 heavy (non-hydrogen) atoms. The van der Waals surface area contributed by atoms with Crippen molar-refractivity contribution in [2.45, 2.75) is 33.4 Å². The molecule has 0 fully saturated rings. The van der Waals surface area contributed by atoms with Gasteiger partial charge in [-0.25, -0.2) is 0 Å². The number of hydrogen-bond acceptors (Lipinski definition) is 4. The third-order valence-corrected chi connectivity index (χ3v) is 4.97. The first-order valence-corrected chi connectivity index (χ1v) is 10.2. The number of benzene rings is 2. The summed E-state index contributed by atoms with van der Waals surface area (Å²) in [4.78, 5) is 21.7. The van der Waals surface area contributed by atoms with Crippen LogP contribution < -0.4 is 0 Å². The molecule has 0 saturated heterocycles. The molecule has 0 aliphatic heterocycles. The first-order chi connectivity index (χ1) is 14.4. The van der Waals surface area contributed by atoms with E-state index in [9.17, 15) is 22.8 Å². The number of ether oxygens (including phenoxy) is 1. The van der Waals surface area contributed by atoms with Gasteiger partial charge in [-0.15, -0.1) is 0 Å². The van der Waals surface area contributed by atoms with E-state index in [1.807, 2.05) is 6.92 Å². The van der Waals surface area contributed by atoms with Gasteiger partial charge >= 0.3 is 12.1 Å². The van der Waals surface area contributed by atoms with Crippen molar-refractivity contribution in [1.29, 1.82) is 0 Å². The van der Waals surface area contributed by atoms with Gasteiger partial charge in [0.15, 0.2) is 6.29 Å². The minimum atomic E-state index is -4.58. The number of phenols is 1. The maximum absolute atomic E-state index is 12.4. The zero-order chi connectivity index (χ0) is 23.8. The van der Waals surface area contributed by atoms with Gasteiger partial charge in [0, 0.05) is 4.47 Å². The van der Waals surface area contributed by atoms with Crippen molar-refractivity contribution >= 4 is 45.9 Å². The largest absolute Gasteiger partial charge is 0.507 e.